The fourth-order valence-electron chi connectivity index (χ4n) is 1.93. The van der Waals surface area contributed by atoms with Crippen LogP contribution in [0.25, 0.3) is 0 Å². The molecule has 5 heteroatoms. The molecular weight excluding hydrogens is 226 g/mol. The molecule has 1 heterocycles. The Balaban J connectivity index is 2.42. The van der Waals surface area contributed by atoms with Crippen molar-refractivity contribution < 1.29 is 13.2 Å². The maximum Gasteiger partial charge on any atom is 0.186 e. The minimum Gasteiger partial charge on any atom is -0.495 e. The standard InChI is InChI=1S/C11H15NO3S/c1-15-10-4-2-3-5-11(10)16(13,14)9-6-7-12-8-9/h2-5,9,12H,6-8H2,1H3/t9-/m0/s1. The van der Waals surface area contributed by atoms with Gasteiger partial charge in [0.15, 0.2) is 9.84 Å². The number of sulfone groups is 1. The van der Waals surface area contributed by atoms with Crippen LogP contribution in [0.15, 0.2) is 29.2 Å². The Morgan fingerprint density at radius 3 is 2.75 bits per heavy atom. The molecule has 1 N–H and O–H groups in total. The SMILES string of the molecule is COc1ccccc1S(=O)(=O)[C@H]1CCNC1. The molecule has 1 fully saturated rings. The molecule has 0 aromatic heterocycles. The van der Waals surface area contributed by atoms with E-state index in [2.05, 4.69) is 5.32 Å². The van der Waals surface area contributed by atoms with Crippen LogP contribution >= 0.6 is 0 Å². The molecule has 0 spiro atoms. The number of para-hydroxylation sites is 1. The van der Waals surface area contributed by atoms with Gasteiger partial charge in [-0.3, -0.25) is 0 Å². The van der Waals surface area contributed by atoms with Gasteiger partial charge >= 0.3 is 0 Å². The van der Waals surface area contributed by atoms with Crippen LogP contribution in [-0.2, 0) is 9.84 Å². The maximum atomic E-state index is 12.3. The highest BCUT2D eigenvalue weighted by Crippen LogP contribution is 2.28. The molecule has 0 bridgehead atoms. The van der Waals surface area contributed by atoms with E-state index in [1.165, 1.54) is 7.11 Å². The molecule has 16 heavy (non-hydrogen) atoms. The van der Waals surface area contributed by atoms with E-state index in [1.807, 2.05) is 0 Å². The van der Waals surface area contributed by atoms with Crippen LogP contribution in [0.3, 0.4) is 0 Å². The van der Waals surface area contributed by atoms with Gasteiger partial charge in [-0.1, -0.05) is 12.1 Å². The Labute approximate surface area is 95.5 Å². The monoisotopic (exact) mass is 241 g/mol. The van der Waals surface area contributed by atoms with Gasteiger partial charge < -0.3 is 10.1 Å². The van der Waals surface area contributed by atoms with Crippen molar-refractivity contribution in [3.8, 4) is 5.75 Å². The van der Waals surface area contributed by atoms with Crippen molar-refractivity contribution in [2.75, 3.05) is 20.2 Å². The highest BCUT2D eigenvalue weighted by molar-refractivity contribution is 7.92. The van der Waals surface area contributed by atoms with Crippen molar-refractivity contribution in [2.24, 2.45) is 0 Å². The van der Waals surface area contributed by atoms with E-state index in [9.17, 15) is 8.42 Å². The third-order valence-electron chi connectivity index (χ3n) is 2.83. The van der Waals surface area contributed by atoms with Gasteiger partial charge in [-0.05, 0) is 25.1 Å². The van der Waals surface area contributed by atoms with Crippen LogP contribution in [0.1, 0.15) is 6.42 Å². The average molecular weight is 241 g/mol. The van der Waals surface area contributed by atoms with Crippen molar-refractivity contribution in [3.05, 3.63) is 24.3 Å². The van der Waals surface area contributed by atoms with E-state index in [1.54, 1.807) is 24.3 Å². The van der Waals surface area contributed by atoms with Gasteiger partial charge in [0, 0.05) is 6.54 Å². The van der Waals surface area contributed by atoms with Crippen LogP contribution in [0.4, 0.5) is 0 Å². The van der Waals surface area contributed by atoms with E-state index >= 15 is 0 Å². The van der Waals surface area contributed by atoms with E-state index in [-0.39, 0.29) is 5.25 Å². The summed E-state index contributed by atoms with van der Waals surface area (Å²) in [7, 11) is -1.78. The minimum absolute atomic E-state index is 0.297. The van der Waals surface area contributed by atoms with Crippen molar-refractivity contribution >= 4 is 9.84 Å². The predicted octanol–water partition coefficient (Wildman–Crippen LogP) is 0.831. The second kappa shape index (κ2) is 4.43. The predicted molar refractivity (Wildman–Crippen MR) is 61.5 cm³/mol. The van der Waals surface area contributed by atoms with Crippen LogP contribution in [0.2, 0.25) is 0 Å². The lowest BCUT2D eigenvalue weighted by molar-refractivity contribution is 0.402. The number of rotatable bonds is 3. The van der Waals surface area contributed by atoms with Gasteiger partial charge in [0.1, 0.15) is 10.6 Å². The molecule has 0 saturated carbocycles. The van der Waals surface area contributed by atoms with Crippen LogP contribution in [0, 0.1) is 0 Å². The smallest absolute Gasteiger partial charge is 0.186 e. The summed E-state index contributed by atoms with van der Waals surface area (Å²) >= 11 is 0. The number of hydrogen-bond donors (Lipinski definition) is 1. The molecule has 2 rings (SSSR count). The number of nitrogens with one attached hydrogen (secondary N) is 1. The molecule has 0 unspecified atom stereocenters. The lowest BCUT2D eigenvalue weighted by Gasteiger charge is -2.13. The number of methoxy groups -OCH3 is 1. The van der Waals surface area contributed by atoms with Crippen molar-refractivity contribution in [1.29, 1.82) is 0 Å². The van der Waals surface area contributed by atoms with E-state index in [0.29, 0.717) is 23.6 Å². The summed E-state index contributed by atoms with van der Waals surface area (Å²) in [6.45, 7) is 1.29. The first kappa shape index (κ1) is 11.4. The van der Waals surface area contributed by atoms with Gasteiger partial charge in [-0.15, -0.1) is 0 Å². The highest BCUT2D eigenvalue weighted by Gasteiger charge is 2.32. The molecular formula is C11H15NO3S. The van der Waals surface area contributed by atoms with Gasteiger partial charge in [0.05, 0.1) is 12.4 Å². The Bertz CT molecular complexity index is 464. The third-order valence-corrected chi connectivity index (χ3v) is 5.06. The maximum absolute atomic E-state index is 12.3. The number of ether oxygens (including phenoxy) is 1. The summed E-state index contributed by atoms with van der Waals surface area (Å²) in [4.78, 5) is 0.297. The Hall–Kier alpha value is -1.07. The largest absolute Gasteiger partial charge is 0.495 e. The van der Waals surface area contributed by atoms with Gasteiger partial charge in [-0.25, -0.2) is 8.42 Å². The van der Waals surface area contributed by atoms with Crippen LogP contribution in [-0.4, -0.2) is 33.9 Å². The molecule has 0 aliphatic carbocycles. The van der Waals surface area contributed by atoms with E-state index in [0.717, 1.165) is 6.54 Å². The molecule has 1 aliphatic heterocycles. The lowest BCUT2D eigenvalue weighted by atomic mass is 10.3. The molecule has 0 amide bonds. The quantitative estimate of drug-likeness (QED) is 0.851. The van der Waals surface area contributed by atoms with E-state index in [4.69, 9.17) is 4.74 Å². The fraction of sp³-hybridized carbons (Fsp3) is 0.455. The molecule has 4 nitrogen and oxygen atoms in total. The second-order valence-corrected chi connectivity index (χ2v) is 6.01. The minimum atomic E-state index is -3.27. The Kier molecular flexibility index (Phi) is 3.16. The first-order chi connectivity index (χ1) is 7.66. The van der Waals surface area contributed by atoms with E-state index < -0.39 is 9.84 Å². The lowest BCUT2D eigenvalue weighted by Crippen LogP contribution is -2.24. The van der Waals surface area contributed by atoms with Crippen LogP contribution in [0.5, 0.6) is 5.75 Å². The average Bonchev–Trinajstić information content (AvgIpc) is 2.83. The molecule has 1 saturated heterocycles. The summed E-state index contributed by atoms with van der Waals surface area (Å²) in [5.41, 5.74) is 0. The Morgan fingerprint density at radius 1 is 1.38 bits per heavy atom. The molecule has 88 valence electrons. The second-order valence-electron chi connectivity index (χ2n) is 3.81. The molecule has 0 radical (unpaired) electrons. The zero-order valence-corrected chi connectivity index (χ0v) is 9.96. The van der Waals surface area contributed by atoms with Crippen molar-refractivity contribution in [2.45, 2.75) is 16.6 Å². The normalized spacial score (nSPS) is 20.9. The summed E-state index contributed by atoms with van der Waals surface area (Å²) in [5.74, 6) is 0.425. The van der Waals surface area contributed by atoms with Crippen molar-refractivity contribution in [1.82, 2.24) is 5.32 Å². The summed E-state index contributed by atoms with van der Waals surface area (Å²) in [5, 5.41) is 2.74. The van der Waals surface area contributed by atoms with Crippen LogP contribution < -0.4 is 10.1 Å². The topological polar surface area (TPSA) is 55.4 Å². The zero-order chi connectivity index (χ0) is 11.6. The van der Waals surface area contributed by atoms with Gasteiger partial charge in [-0.2, -0.15) is 0 Å². The molecule has 1 aromatic rings. The first-order valence-corrected chi connectivity index (χ1v) is 6.78. The first-order valence-electron chi connectivity index (χ1n) is 5.24. The fourth-order valence-corrected chi connectivity index (χ4v) is 3.75. The highest BCUT2D eigenvalue weighted by atomic mass is 32.2. The summed E-state index contributed by atoms with van der Waals surface area (Å²) in [6, 6.07) is 6.77. The number of hydrogen-bond acceptors (Lipinski definition) is 4. The third kappa shape index (κ3) is 1.92. The van der Waals surface area contributed by atoms with Crippen molar-refractivity contribution in [3.63, 3.8) is 0 Å². The van der Waals surface area contributed by atoms with Gasteiger partial charge in [0.25, 0.3) is 0 Å². The summed E-state index contributed by atoms with van der Waals surface area (Å²) in [6.07, 6.45) is 0.667. The molecule has 1 aliphatic rings. The summed E-state index contributed by atoms with van der Waals surface area (Å²) < 4.78 is 29.7. The molecule has 1 aromatic carbocycles. The zero-order valence-electron chi connectivity index (χ0n) is 9.14. The van der Waals surface area contributed by atoms with Gasteiger partial charge in [0.2, 0.25) is 0 Å². The Morgan fingerprint density at radius 2 is 2.12 bits per heavy atom. The number of benzene rings is 1. The molecule has 1 atom stereocenters.